The first-order valence-corrected chi connectivity index (χ1v) is 8.08. The summed E-state index contributed by atoms with van der Waals surface area (Å²) in [4.78, 5) is 2.30. The molecule has 1 aromatic rings. The predicted octanol–water partition coefficient (Wildman–Crippen LogP) is 3.68. The molecule has 1 aromatic carbocycles. The minimum atomic E-state index is 0.599. The molecule has 3 nitrogen and oxygen atoms in total. The van der Waals surface area contributed by atoms with Gasteiger partial charge < -0.3 is 10.2 Å². The average molecular weight is 285 g/mol. The number of anilines is 1. The molecule has 0 radical (unpaired) electrons. The van der Waals surface area contributed by atoms with Crippen LogP contribution in [0.1, 0.15) is 50.7 Å². The average Bonchev–Trinajstić information content (AvgIpc) is 3.00. The molecule has 1 aliphatic carbocycles. The van der Waals surface area contributed by atoms with Crippen LogP contribution in [0.3, 0.4) is 0 Å². The standard InChI is InChI=1S/C18H27N3/c1-14(2)12-20-13-15-8-9-18(16(10-15)11-19)21(3)17-6-4-5-7-17/h8-10,14,17,20H,4-7,12-13H2,1-3H3. The lowest BCUT2D eigenvalue weighted by molar-refractivity contribution is 0.552. The topological polar surface area (TPSA) is 39.1 Å². The van der Waals surface area contributed by atoms with Crippen LogP contribution in [0, 0.1) is 17.2 Å². The highest BCUT2D eigenvalue weighted by atomic mass is 15.1. The minimum Gasteiger partial charge on any atom is -0.371 e. The normalized spacial score (nSPS) is 15.4. The molecule has 2 rings (SSSR count). The highest BCUT2D eigenvalue weighted by molar-refractivity contribution is 5.60. The number of nitrogens with one attached hydrogen (secondary N) is 1. The lowest BCUT2D eigenvalue weighted by atomic mass is 10.1. The predicted molar refractivity (Wildman–Crippen MR) is 88.4 cm³/mol. The van der Waals surface area contributed by atoms with E-state index < -0.39 is 0 Å². The first-order valence-electron chi connectivity index (χ1n) is 8.08. The summed E-state index contributed by atoms with van der Waals surface area (Å²) >= 11 is 0. The number of benzene rings is 1. The van der Waals surface area contributed by atoms with E-state index in [1.54, 1.807) is 0 Å². The van der Waals surface area contributed by atoms with Gasteiger partial charge in [0.2, 0.25) is 0 Å². The van der Waals surface area contributed by atoms with Gasteiger partial charge >= 0.3 is 0 Å². The third-order valence-electron chi connectivity index (χ3n) is 4.32. The molecule has 0 bridgehead atoms. The second-order valence-electron chi connectivity index (χ2n) is 6.54. The summed E-state index contributed by atoms with van der Waals surface area (Å²) in [5, 5.41) is 12.9. The zero-order valence-corrected chi connectivity index (χ0v) is 13.5. The van der Waals surface area contributed by atoms with E-state index in [1.807, 2.05) is 6.07 Å². The number of rotatable bonds is 6. The summed E-state index contributed by atoms with van der Waals surface area (Å²) < 4.78 is 0. The van der Waals surface area contributed by atoms with E-state index in [0.29, 0.717) is 12.0 Å². The fraction of sp³-hybridized carbons (Fsp3) is 0.611. The minimum absolute atomic E-state index is 0.599. The molecule has 1 saturated carbocycles. The molecule has 0 heterocycles. The number of nitriles is 1. The largest absolute Gasteiger partial charge is 0.371 e. The summed E-state index contributed by atoms with van der Waals surface area (Å²) in [5.41, 5.74) is 3.07. The van der Waals surface area contributed by atoms with Crippen LogP contribution in [-0.2, 0) is 6.54 Å². The van der Waals surface area contributed by atoms with Crippen LogP contribution >= 0.6 is 0 Å². The molecule has 0 saturated heterocycles. The van der Waals surface area contributed by atoms with Crippen LogP contribution < -0.4 is 10.2 Å². The molecule has 1 N–H and O–H groups in total. The molecule has 21 heavy (non-hydrogen) atoms. The van der Waals surface area contributed by atoms with Gasteiger partial charge in [-0.2, -0.15) is 5.26 Å². The second kappa shape index (κ2) is 7.47. The Hall–Kier alpha value is -1.53. The van der Waals surface area contributed by atoms with Crippen molar-refractivity contribution in [3.63, 3.8) is 0 Å². The monoisotopic (exact) mass is 285 g/mol. The fourth-order valence-corrected chi connectivity index (χ4v) is 3.08. The van der Waals surface area contributed by atoms with E-state index in [9.17, 15) is 5.26 Å². The van der Waals surface area contributed by atoms with Gasteiger partial charge in [0, 0.05) is 19.6 Å². The second-order valence-corrected chi connectivity index (χ2v) is 6.54. The van der Waals surface area contributed by atoms with E-state index in [0.717, 1.165) is 24.3 Å². The zero-order valence-electron chi connectivity index (χ0n) is 13.5. The van der Waals surface area contributed by atoms with Gasteiger partial charge in [0.25, 0.3) is 0 Å². The molecule has 1 aliphatic rings. The summed E-state index contributed by atoms with van der Waals surface area (Å²) in [6.45, 7) is 6.24. The van der Waals surface area contributed by atoms with Gasteiger partial charge in [-0.3, -0.25) is 0 Å². The van der Waals surface area contributed by atoms with Crippen molar-refractivity contribution in [2.45, 2.75) is 52.1 Å². The molecule has 0 spiro atoms. The Morgan fingerprint density at radius 2 is 2.05 bits per heavy atom. The summed E-state index contributed by atoms with van der Waals surface area (Å²) in [7, 11) is 2.13. The Labute approximate surface area is 129 Å². The first-order chi connectivity index (χ1) is 10.1. The molecular weight excluding hydrogens is 258 g/mol. The van der Waals surface area contributed by atoms with Crippen LogP contribution in [-0.4, -0.2) is 19.6 Å². The quantitative estimate of drug-likeness (QED) is 0.866. The first kappa shape index (κ1) is 15.9. The van der Waals surface area contributed by atoms with Gasteiger partial charge in [0.05, 0.1) is 11.3 Å². The highest BCUT2D eigenvalue weighted by Crippen LogP contribution is 2.29. The van der Waals surface area contributed by atoms with E-state index >= 15 is 0 Å². The molecule has 0 aliphatic heterocycles. The molecule has 0 aromatic heterocycles. The van der Waals surface area contributed by atoms with Gasteiger partial charge in [-0.25, -0.2) is 0 Å². The molecule has 3 heteroatoms. The smallest absolute Gasteiger partial charge is 0.101 e. The Balaban J connectivity index is 2.07. The number of hydrogen-bond donors (Lipinski definition) is 1. The van der Waals surface area contributed by atoms with E-state index in [-0.39, 0.29) is 0 Å². The Kier molecular flexibility index (Phi) is 5.64. The van der Waals surface area contributed by atoms with Gasteiger partial charge in [-0.15, -0.1) is 0 Å². The zero-order chi connectivity index (χ0) is 15.2. The molecule has 114 valence electrons. The molecule has 1 fully saturated rings. The van der Waals surface area contributed by atoms with Crippen LogP contribution in [0.5, 0.6) is 0 Å². The van der Waals surface area contributed by atoms with Gasteiger partial charge in [0.1, 0.15) is 6.07 Å². The highest BCUT2D eigenvalue weighted by Gasteiger charge is 2.21. The van der Waals surface area contributed by atoms with Crippen LogP contribution in [0.25, 0.3) is 0 Å². The molecular formula is C18H27N3. The third-order valence-corrected chi connectivity index (χ3v) is 4.32. The lowest BCUT2D eigenvalue weighted by Gasteiger charge is -2.27. The van der Waals surface area contributed by atoms with E-state index in [1.165, 1.54) is 31.2 Å². The van der Waals surface area contributed by atoms with Crippen molar-refractivity contribution >= 4 is 5.69 Å². The van der Waals surface area contributed by atoms with Crippen molar-refractivity contribution in [2.75, 3.05) is 18.5 Å². The van der Waals surface area contributed by atoms with Crippen LogP contribution in [0.15, 0.2) is 18.2 Å². The Bertz CT molecular complexity index is 496. The maximum atomic E-state index is 9.45. The van der Waals surface area contributed by atoms with Crippen molar-refractivity contribution in [1.82, 2.24) is 5.32 Å². The molecule has 0 unspecified atom stereocenters. The molecule has 0 atom stereocenters. The van der Waals surface area contributed by atoms with Gasteiger partial charge in [-0.1, -0.05) is 32.8 Å². The van der Waals surface area contributed by atoms with E-state index in [4.69, 9.17) is 0 Å². The number of nitrogens with zero attached hydrogens (tertiary/aromatic N) is 2. The van der Waals surface area contributed by atoms with Gasteiger partial charge in [-0.05, 0) is 43.0 Å². The molecule has 0 amide bonds. The van der Waals surface area contributed by atoms with Crippen molar-refractivity contribution in [2.24, 2.45) is 5.92 Å². The van der Waals surface area contributed by atoms with Crippen molar-refractivity contribution in [1.29, 1.82) is 5.26 Å². The Morgan fingerprint density at radius 3 is 2.67 bits per heavy atom. The summed E-state index contributed by atoms with van der Waals surface area (Å²) in [6.07, 6.45) is 5.13. The third kappa shape index (κ3) is 4.22. The summed E-state index contributed by atoms with van der Waals surface area (Å²) in [5.74, 6) is 0.646. The SMILES string of the molecule is CC(C)CNCc1ccc(N(C)C2CCCC2)c(C#N)c1. The maximum absolute atomic E-state index is 9.45. The van der Waals surface area contributed by atoms with Crippen LogP contribution in [0.4, 0.5) is 5.69 Å². The van der Waals surface area contributed by atoms with Crippen LogP contribution in [0.2, 0.25) is 0 Å². The van der Waals surface area contributed by atoms with Crippen molar-refractivity contribution < 1.29 is 0 Å². The number of hydrogen-bond acceptors (Lipinski definition) is 3. The van der Waals surface area contributed by atoms with Gasteiger partial charge in [0.15, 0.2) is 0 Å². The van der Waals surface area contributed by atoms with E-state index in [2.05, 4.69) is 49.3 Å². The Morgan fingerprint density at radius 1 is 1.33 bits per heavy atom. The maximum Gasteiger partial charge on any atom is 0.101 e. The lowest BCUT2D eigenvalue weighted by Crippen LogP contribution is -2.29. The van der Waals surface area contributed by atoms with Crippen molar-refractivity contribution in [3.05, 3.63) is 29.3 Å². The summed E-state index contributed by atoms with van der Waals surface area (Å²) in [6, 6.07) is 9.27. The van der Waals surface area contributed by atoms with Crippen molar-refractivity contribution in [3.8, 4) is 6.07 Å². The fourth-order valence-electron chi connectivity index (χ4n) is 3.08.